The van der Waals surface area contributed by atoms with Crippen molar-refractivity contribution in [3.05, 3.63) is 0 Å². The topological polar surface area (TPSA) is 6.48 Å². The molecule has 0 N–H and O–H groups in total. The molecule has 1 rings (SSSR count). The maximum atomic E-state index is 2.47. The Labute approximate surface area is 76.5 Å². The van der Waals surface area contributed by atoms with Gasteiger partial charge in [0.1, 0.15) is 0 Å². The highest BCUT2D eigenvalue weighted by atomic mass is 15.4. The molecule has 1 aliphatic rings. The molecule has 0 aromatic heterocycles. The van der Waals surface area contributed by atoms with Crippen LogP contribution in [0.5, 0.6) is 0 Å². The van der Waals surface area contributed by atoms with Gasteiger partial charge in [-0.05, 0) is 20.5 Å². The molecule has 1 saturated heterocycles. The van der Waals surface area contributed by atoms with Crippen molar-refractivity contribution >= 4 is 0 Å². The third-order valence-corrected chi connectivity index (χ3v) is 2.89. The first-order chi connectivity index (χ1) is 5.75. The minimum absolute atomic E-state index is 0.719. The maximum Gasteiger partial charge on any atom is 0.0618 e. The van der Waals surface area contributed by atoms with Crippen LogP contribution in [0.15, 0.2) is 0 Å². The van der Waals surface area contributed by atoms with Crippen LogP contribution in [-0.2, 0) is 0 Å². The van der Waals surface area contributed by atoms with Crippen LogP contribution in [0.25, 0.3) is 0 Å². The van der Waals surface area contributed by atoms with E-state index in [0.29, 0.717) is 0 Å². The predicted molar refractivity (Wildman–Crippen MR) is 53.2 cm³/mol. The Balaban J connectivity index is 2.20. The summed E-state index contributed by atoms with van der Waals surface area (Å²) in [6.07, 6.45) is 6.17. The molecule has 0 saturated carbocycles. The molecule has 0 aliphatic carbocycles. The van der Waals surface area contributed by atoms with E-state index in [9.17, 15) is 0 Å². The molecule has 1 heterocycles. The molecule has 1 aliphatic heterocycles. The molecule has 0 atom stereocenters. The average Bonchev–Trinajstić information content (AvgIpc) is 2.35. The minimum atomic E-state index is 0.719. The second-order valence-electron chi connectivity index (χ2n) is 3.94. The molecule has 0 amide bonds. The van der Waals surface area contributed by atoms with Gasteiger partial charge >= 0.3 is 0 Å². The van der Waals surface area contributed by atoms with Crippen LogP contribution < -0.4 is 0 Å². The highest BCUT2D eigenvalue weighted by molar-refractivity contribution is 4.76. The average molecular weight is 170 g/mol. The summed E-state index contributed by atoms with van der Waals surface area (Å²) in [4.78, 5) is 4.94. The number of unbranched alkanes of at least 4 members (excludes halogenated alkanes) is 2. The van der Waals surface area contributed by atoms with Gasteiger partial charge in [-0.2, -0.15) is 0 Å². The molecule has 0 aromatic rings. The van der Waals surface area contributed by atoms with Crippen LogP contribution in [0.2, 0.25) is 0 Å². The number of hydrogen-bond donors (Lipinski definition) is 0. The summed E-state index contributed by atoms with van der Waals surface area (Å²) >= 11 is 0. The van der Waals surface area contributed by atoms with Crippen molar-refractivity contribution < 1.29 is 0 Å². The molecule has 1 fully saturated rings. The summed E-state index contributed by atoms with van der Waals surface area (Å²) in [6.45, 7) is 4.75. The Hall–Kier alpha value is -0.0800. The molecule has 12 heavy (non-hydrogen) atoms. The number of hydrogen-bond acceptors (Lipinski definition) is 2. The van der Waals surface area contributed by atoms with Crippen molar-refractivity contribution in [2.75, 3.05) is 27.2 Å². The van der Waals surface area contributed by atoms with Gasteiger partial charge in [0, 0.05) is 13.1 Å². The second-order valence-corrected chi connectivity index (χ2v) is 3.94. The Morgan fingerprint density at radius 1 is 1.08 bits per heavy atom. The number of nitrogens with zero attached hydrogens (tertiary/aromatic N) is 2. The van der Waals surface area contributed by atoms with Crippen molar-refractivity contribution in [1.29, 1.82) is 0 Å². The molecule has 0 bridgehead atoms. The Bertz CT molecular complexity index is 115. The lowest BCUT2D eigenvalue weighted by atomic mass is 10.1. The molecular weight excluding hydrogens is 148 g/mol. The van der Waals surface area contributed by atoms with Crippen molar-refractivity contribution in [2.24, 2.45) is 0 Å². The van der Waals surface area contributed by atoms with Crippen molar-refractivity contribution in [1.82, 2.24) is 9.80 Å². The van der Waals surface area contributed by atoms with Crippen LogP contribution in [0.1, 0.15) is 32.6 Å². The van der Waals surface area contributed by atoms with Gasteiger partial charge in [0.2, 0.25) is 0 Å². The largest absolute Gasteiger partial charge is 0.290 e. The van der Waals surface area contributed by atoms with E-state index < -0.39 is 0 Å². The zero-order valence-corrected chi connectivity index (χ0v) is 8.71. The monoisotopic (exact) mass is 170 g/mol. The Kier molecular flexibility index (Phi) is 4.02. The highest BCUT2D eigenvalue weighted by Crippen LogP contribution is 2.16. The molecule has 0 unspecified atom stereocenters. The summed E-state index contributed by atoms with van der Waals surface area (Å²) in [5, 5.41) is 0. The fourth-order valence-corrected chi connectivity index (χ4v) is 1.97. The molecule has 72 valence electrons. The molecule has 0 aromatic carbocycles. The quantitative estimate of drug-likeness (QED) is 0.593. The van der Waals surface area contributed by atoms with Gasteiger partial charge < -0.3 is 0 Å². The van der Waals surface area contributed by atoms with Crippen molar-refractivity contribution in [3.63, 3.8) is 0 Å². The number of rotatable bonds is 4. The van der Waals surface area contributed by atoms with Crippen LogP contribution >= 0.6 is 0 Å². The molecule has 0 radical (unpaired) electrons. The maximum absolute atomic E-state index is 2.47. The van der Waals surface area contributed by atoms with Crippen molar-refractivity contribution in [2.45, 2.75) is 38.8 Å². The van der Waals surface area contributed by atoms with Crippen LogP contribution in [0.3, 0.4) is 0 Å². The van der Waals surface area contributed by atoms with Gasteiger partial charge in [0.05, 0.1) is 6.17 Å². The van der Waals surface area contributed by atoms with Crippen LogP contribution in [0, 0.1) is 0 Å². The lowest BCUT2D eigenvalue weighted by Crippen LogP contribution is -2.34. The zero-order valence-electron chi connectivity index (χ0n) is 8.71. The summed E-state index contributed by atoms with van der Waals surface area (Å²) in [5.74, 6) is 0. The van der Waals surface area contributed by atoms with Gasteiger partial charge in [0.25, 0.3) is 0 Å². The van der Waals surface area contributed by atoms with Crippen molar-refractivity contribution in [3.8, 4) is 0 Å². The van der Waals surface area contributed by atoms with E-state index >= 15 is 0 Å². The van der Waals surface area contributed by atoms with E-state index in [0.717, 1.165) is 6.17 Å². The molecule has 0 spiro atoms. The van der Waals surface area contributed by atoms with Crippen LogP contribution in [-0.4, -0.2) is 43.2 Å². The minimum Gasteiger partial charge on any atom is -0.290 e. The van der Waals surface area contributed by atoms with E-state index in [2.05, 4.69) is 30.8 Å². The number of likely N-dealkylation sites (N-methyl/N-ethyl adjacent to an activating group) is 2. The third kappa shape index (κ3) is 2.46. The van der Waals surface area contributed by atoms with Gasteiger partial charge in [-0.1, -0.05) is 26.2 Å². The lowest BCUT2D eigenvalue weighted by Gasteiger charge is -2.24. The molecule has 2 heteroatoms. The second kappa shape index (κ2) is 4.83. The summed E-state index contributed by atoms with van der Waals surface area (Å²) in [7, 11) is 4.47. The summed E-state index contributed by atoms with van der Waals surface area (Å²) in [6, 6.07) is 0. The molecular formula is C10H22N2. The first-order valence-corrected chi connectivity index (χ1v) is 5.16. The standard InChI is InChI=1S/C10H22N2/c1-4-5-6-7-10-11(2)8-9-12(10)3/h10H,4-9H2,1-3H3. The van der Waals surface area contributed by atoms with Gasteiger partial charge in [0.15, 0.2) is 0 Å². The van der Waals surface area contributed by atoms with E-state index in [-0.39, 0.29) is 0 Å². The van der Waals surface area contributed by atoms with E-state index in [4.69, 9.17) is 0 Å². The Morgan fingerprint density at radius 3 is 2.17 bits per heavy atom. The van der Waals surface area contributed by atoms with Gasteiger partial charge in [-0.25, -0.2) is 0 Å². The predicted octanol–water partition coefficient (Wildman–Crippen LogP) is 1.77. The van der Waals surface area contributed by atoms with E-state index in [1.807, 2.05) is 0 Å². The third-order valence-electron chi connectivity index (χ3n) is 2.89. The summed E-state index contributed by atoms with van der Waals surface area (Å²) in [5.41, 5.74) is 0. The first kappa shape index (κ1) is 10.0. The van der Waals surface area contributed by atoms with Gasteiger partial charge in [-0.15, -0.1) is 0 Å². The lowest BCUT2D eigenvalue weighted by molar-refractivity contribution is 0.172. The van der Waals surface area contributed by atoms with Gasteiger partial charge in [-0.3, -0.25) is 9.80 Å². The SMILES string of the molecule is CCCCCC1N(C)CCN1C. The Morgan fingerprint density at radius 2 is 1.67 bits per heavy atom. The van der Waals surface area contributed by atoms with E-state index in [1.54, 1.807) is 0 Å². The van der Waals surface area contributed by atoms with Crippen LogP contribution in [0.4, 0.5) is 0 Å². The normalized spacial score (nSPS) is 22.2. The summed E-state index contributed by atoms with van der Waals surface area (Å²) < 4.78 is 0. The fraction of sp³-hybridized carbons (Fsp3) is 1.00. The molecule has 2 nitrogen and oxygen atoms in total. The first-order valence-electron chi connectivity index (χ1n) is 5.16. The smallest absolute Gasteiger partial charge is 0.0618 e. The van der Waals surface area contributed by atoms with E-state index in [1.165, 1.54) is 38.8 Å². The highest BCUT2D eigenvalue weighted by Gasteiger charge is 2.24. The zero-order chi connectivity index (χ0) is 8.97. The fourth-order valence-electron chi connectivity index (χ4n) is 1.97.